The molecule has 0 unspecified atom stereocenters. The Balaban J connectivity index is 1.51. The number of hydrogen-bond acceptors (Lipinski definition) is 6. The van der Waals surface area contributed by atoms with E-state index in [4.69, 9.17) is 4.84 Å². The molecule has 1 N–H and O–H groups in total. The van der Waals surface area contributed by atoms with Gasteiger partial charge in [-0.3, -0.25) is 19.2 Å². The van der Waals surface area contributed by atoms with Crippen molar-refractivity contribution in [3.8, 4) is 0 Å². The largest absolute Gasteiger partial charge is 0.356 e. The quantitative estimate of drug-likeness (QED) is 0.311. The van der Waals surface area contributed by atoms with Crippen molar-refractivity contribution in [1.82, 2.24) is 15.3 Å². The Bertz CT molecular complexity index is 602. The molecule has 2 saturated heterocycles. The first-order valence-electron chi connectivity index (χ1n) is 9.60. The van der Waals surface area contributed by atoms with Crippen LogP contribution in [0.2, 0.25) is 0 Å². The highest BCUT2D eigenvalue weighted by atomic mass is 79.9. The number of imide groups is 1. The highest BCUT2D eigenvalue weighted by Crippen LogP contribution is 2.18. The standard InChI is InChI=1S/C18H26BrN3O6/c19-12-16(25)21-10-7-13(8-11-21)18(27)20-9-3-1-2-4-17(26)28-22-14(23)5-6-15(22)24/h13H,1-12H2,(H,20,27). The molecule has 0 atom stereocenters. The summed E-state index contributed by atoms with van der Waals surface area (Å²) in [5, 5.41) is 3.77. The second-order valence-corrected chi connectivity index (χ2v) is 7.50. The number of amides is 4. The normalized spacial score (nSPS) is 17.8. The van der Waals surface area contributed by atoms with Gasteiger partial charge in [0.1, 0.15) is 0 Å². The summed E-state index contributed by atoms with van der Waals surface area (Å²) < 4.78 is 0. The highest BCUT2D eigenvalue weighted by molar-refractivity contribution is 9.09. The van der Waals surface area contributed by atoms with Crippen LogP contribution in [0.25, 0.3) is 0 Å². The highest BCUT2D eigenvalue weighted by Gasteiger charge is 2.32. The van der Waals surface area contributed by atoms with Gasteiger partial charge in [-0.05, 0) is 25.7 Å². The molecule has 0 aromatic rings. The second kappa shape index (κ2) is 11.1. The maximum atomic E-state index is 12.2. The lowest BCUT2D eigenvalue weighted by Crippen LogP contribution is -2.43. The fourth-order valence-electron chi connectivity index (χ4n) is 3.21. The number of hydroxylamine groups is 2. The Morgan fingerprint density at radius 3 is 2.29 bits per heavy atom. The van der Waals surface area contributed by atoms with E-state index in [9.17, 15) is 24.0 Å². The van der Waals surface area contributed by atoms with Gasteiger partial charge in [0.05, 0.1) is 5.33 Å². The van der Waals surface area contributed by atoms with Crippen LogP contribution in [-0.4, -0.2) is 64.5 Å². The Hall–Kier alpha value is -1.97. The molecule has 0 aliphatic carbocycles. The minimum absolute atomic E-state index is 0.0106. The van der Waals surface area contributed by atoms with Crippen LogP contribution in [0, 0.1) is 5.92 Å². The lowest BCUT2D eigenvalue weighted by atomic mass is 9.96. The average molecular weight is 460 g/mol. The van der Waals surface area contributed by atoms with E-state index in [1.54, 1.807) is 4.90 Å². The number of unbranched alkanes of at least 4 members (excludes halogenated alkanes) is 2. The second-order valence-electron chi connectivity index (χ2n) is 6.94. The minimum Gasteiger partial charge on any atom is -0.356 e. The molecule has 4 amide bonds. The van der Waals surface area contributed by atoms with Crippen LogP contribution in [0.5, 0.6) is 0 Å². The van der Waals surface area contributed by atoms with Crippen LogP contribution in [0.4, 0.5) is 0 Å². The third kappa shape index (κ3) is 6.57. The summed E-state index contributed by atoms with van der Waals surface area (Å²) in [6, 6.07) is 0. The summed E-state index contributed by atoms with van der Waals surface area (Å²) in [6.45, 7) is 1.73. The molecule has 0 spiro atoms. The molecule has 2 rings (SSSR count). The summed E-state index contributed by atoms with van der Waals surface area (Å²) in [4.78, 5) is 64.7. The zero-order valence-corrected chi connectivity index (χ0v) is 17.4. The Labute approximate surface area is 172 Å². The molecule has 0 aromatic heterocycles. The van der Waals surface area contributed by atoms with Crippen molar-refractivity contribution in [3.63, 3.8) is 0 Å². The van der Waals surface area contributed by atoms with Gasteiger partial charge in [0.2, 0.25) is 11.8 Å². The Kier molecular flexibility index (Phi) is 8.88. The molecule has 0 aromatic carbocycles. The average Bonchev–Trinajstić information content (AvgIpc) is 3.01. The molecular formula is C18H26BrN3O6. The smallest absolute Gasteiger partial charge is 0.333 e. The number of carbonyl (C=O) groups excluding carboxylic acids is 5. The predicted molar refractivity (Wildman–Crippen MR) is 102 cm³/mol. The van der Waals surface area contributed by atoms with Crippen molar-refractivity contribution in [2.45, 2.75) is 51.4 Å². The number of carbonyl (C=O) groups is 5. The zero-order chi connectivity index (χ0) is 20.5. The predicted octanol–water partition coefficient (Wildman–Crippen LogP) is 0.904. The van der Waals surface area contributed by atoms with Crippen LogP contribution < -0.4 is 5.32 Å². The third-order valence-electron chi connectivity index (χ3n) is 4.89. The number of hydrogen-bond donors (Lipinski definition) is 1. The fourth-order valence-corrected chi connectivity index (χ4v) is 3.56. The molecule has 9 nitrogen and oxygen atoms in total. The summed E-state index contributed by atoms with van der Waals surface area (Å²) >= 11 is 3.15. The van der Waals surface area contributed by atoms with Gasteiger partial charge in [-0.1, -0.05) is 22.4 Å². The van der Waals surface area contributed by atoms with Crippen molar-refractivity contribution in [3.05, 3.63) is 0 Å². The summed E-state index contributed by atoms with van der Waals surface area (Å²) in [5.74, 6) is -1.57. The maximum absolute atomic E-state index is 12.2. The first-order valence-corrected chi connectivity index (χ1v) is 10.7. The van der Waals surface area contributed by atoms with E-state index < -0.39 is 17.8 Å². The van der Waals surface area contributed by atoms with Gasteiger partial charge in [-0.25, -0.2) is 4.79 Å². The summed E-state index contributed by atoms with van der Waals surface area (Å²) in [7, 11) is 0. The number of nitrogens with zero attached hydrogens (tertiary/aromatic N) is 2. The molecule has 0 radical (unpaired) electrons. The summed E-state index contributed by atoms with van der Waals surface area (Å²) in [6.07, 6.45) is 3.62. The molecule has 2 aliphatic rings. The topological polar surface area (TPSA) is 113 Å². The van der Waals surface area contributed by atoms with Gasteiger partial charge in [-0.2, -0.15) is 0 Å². The first-order chi connectivity index (χ1) is 13.4. The van der Waals surface area contributed by atoms with E-state index in [0.717, 1.165) is 12.8 Å². The van der Waals surface area contributed by atoms with Crippen molar-refractivity contribution >= 4 is 45.5 Å². The molecule has 2 aliphatic heterocycles. The van der Waals surface area contributed by atoms with Crippen molar-refractivity contribution in [1.29, 1.82) is 0 Å². The molecule has 2 fully saturated rings. The lowest BCUT2D eigenvalue weighted by Gasteiger charge is -2.31. The van der Waals surface area contributed by atoms with Crippen LogP contribution in [0.15, 0.2) is 0 Å². The third-order valence-corrected chi connectivity index (χ3v) is 5.37. The van der Waals surface area contributed by atoms with E-state index in [2.05, 4.69) is 21.2 Å². The van der Waals surface area contributed by atoms with Crippen LogP contribution in [-0.2, 0) is 28.8 Å². The van der Waals surface area contributed by atoms with E-state index >= 15 is 0 Å². The molecular weight excluding hydrogens is 434 g/mol. The van der Waals surface area contributed by atoms with Gasteiger partial charge in [-0.15, -0.1) is 5.06 Å². The van der Waals surface area contributed by atoms with Gasteiger partial charge in [0.25, 0.3) is 11.8 Å². The van der Waals surface area contributed by atoms with E-state index in [0.29, 0.717) is 49.3 Å². The first kappa shape index (κ1) is 22.3. The lowest BCUT2D eigenvalue weighted by molar-refractivity contribution is -0.197. The van der Waals surface area contributed by atoms with Crippen molar-refractivity contribution < 1.29 is 28.8 Å². The number of rotatable bonds is 9. The summed E-state index contributed by atoms with van der Waals surface area (Å²) in [5.41, 5.74) is 0. The van der Waals surface area contributed by atoms with Crippen LogP contribution in [0.1, 0.15) is 51.4 Å². The number of piperidine rings is 1. The van der Waals surface area contributed by atoms with Gasteiger partial charge in [0.15, 0.2) is 0 Å². The molecule has 0 bridgehead atoms. The Morgan fingerprint density at radius 2 is 1.68 bits per heavy atom. The molecule has 10 heteroatoms. The van der Waals surface area contributed by atoms with Crippen LogP contribution in [0.3, 0.4) is 0 Å². The Morgan fingerprint density at radius 1 is 1.04 bits per heavy atom. The molecule has 28 heavy (non-hydrogen) atoms. The van der Waals surface area contributed by atoms with Gasteiger partial charge in [0, 0.05) is 44.8 Å². The SMILES string of the molecule is O=C(CCCCCNC(=O)C1CCN(C(=O)CBr)CC1)ON1C(=O)CCC1=O. The molecule has 2 heterocycles. The van der Waals surface area contributed by atoms with Crippen LogP contribution >= 0.6 is 15.9 Å². The molecule has 0 saturated carbocycles. The van der Waals surface area contributed by atoms with E-state index in [1.807, 2.05) is 0 Å². The number of halogens is 1. The minimum atomic E-state index is -0.600. The zero-order valence-electron chi connectivity index (χ0n) is 15.8. The van der Waals surface area contributed by atoms with E-state index in [1.165, 1.54) is 0 Å². The van der Waals surface area contributed by atoms with Crippen molar-refractivity contribution in [2.24, 2.45) is 5.92 Å². The maximum Gasteiger partial charge on any atom is 0.333 e. The van der Waals surface area contributed by atoms with Gasteiger partial charge < -0.3 is 15.1 Å². The number of alkyl halides is 1. The van der Waals surface area contributed by atoms with Gasteiger partial charge >= 0.3 is 5.97 Å². The number of nitrogens with one attached hydrogen (secondary N) is 1. The fraction of sp³-hybridized carbons (Fsp3) is 0.722. The number of likely N-dealkylation sites (tertiary alicyclic amines) is 1. The molecule has 156 valence electrons. The monoisotopic (exact) mass is 459 g/mol. The van der Waals surface area contributed by atoms with Crippen molar-refractivity contribution in [2.75, 3.05) is 25.0 Å². The van der Waals surface area contributed by atoms with E-state index in [-0.39, 0.29) is 37.0 Å².